The fourth-order valence-electron chi connectivity index (χ4n) is 0.210. The van der Waals surface area contributed by atoms with Gasteiger partial charge < -0.3 is 5.32 Å². The minimum atomic E-state index is -0.267. The molecule has 0 aromatic carbocycles. The molecule has 0 aliphatic rings. The van der Waals surface area contributed by atoms with Crippen molar-refractivity contribution in [2.75, 3.05) is 7.05 Å². The summed E-state index contributed by atoms with van der Waals surface area (Å²) in [5, 5.41) is 2.32. The van der Waals surface area contributed by atoms with E-state index < -0.39 is 0 Å². The predicted molar refractivity (Wildman–Crippen MR) is 31.4 cm³/mol. The number of allylic oxidation sites excluding steroid dienone is 1. The molecule has 3 nitrogen and oxygen atoms in total. The van der Waals surface area contributed by atoms with Crippen LogP contribution in [0.3, 0.4) is 0 Å². The Morgan fingerprint density at radius 2 is 2.38 bits per heavy atom. The van der Waals surface area contributed by atoms with Crippen LogP contribution in [0.5, 0.6) is 0 Å². The Morgan fingerprint density at radius 3 is 2.75 bits per heavy atom. The third-order valence-electron chi connectivity index (χ3n) is 0.573. The van der Waals surface area contributed by atoms with Gasteiger partial charge in [0.25, 0.3) is 0 Å². The van der Waals surface area contributed by atoms with Crippen molar-refractivity contribution in [3.63, 3.8) is 0 Å². The predicted octanol–water partition coefficient (Wildman–Crippen LogP) is -0.267. The van der Waals surface area contributed by atoms with Crippen molar-refractivity contribution in [2.45, 2.75) is 0 Å². The Kier molecular flexibility index (Phi) is 3.48. The molecule has 0 saturated heterocycles. The Labute approximate surface area is 48.9 Å². The van der Waals surface area contributed by atoms with Crippen LogP contribution in [-0.4, -0.2) is 19.2 Å². The number of likely N-dealkylation sites (N-methyl/N-ethyl adjacent to an activating group) is 1. The van der Waals surface area contributed by atoms with Gasteiger partial charge in [-0.15, -0.1) is 0 Å². The maximum absolute atomic E-state index is 10.2. The first-order valence-corrected chi connectivity index (χ1v) is 2.15. The lowest BCUT2D eigenvalue weighted by molar-refractivity contribution is -0.116. The van der Waals surface area contributed by atoms with E-state index in [1.807, 2.05) is 0 Å². The van der Waals surface area contributed by atoms with Gasteiger partial charge in [0.1, 0.15) is 6.29 Å². The van der Waals surface area contributed by atoms with Crippen LogP contribution in [0.4, 0.5) is 0 Å². The molecular formula is C5H9NO2. The molecule has 0 unspecified atom stereocenters. The van der Waals surface area contributed by atoms with Crippen molar-refractivity contribution in [3.8, 4) is 0 Å². The SMILES string of the molecule is CNC(=O)/C=C\C=O.[HH]. The molecule has 0 spiro atoms. The van der Waals surface area contributed by atoms with Gasteiger partial charge in [-0.05, 0) is 6.08 Å². The third kappa shape index (κ3) is 3.08. The van der Waals surface area contributed by atoms with E-state index in [-0.39, 0.29) is 7.33 Å². The summed E-state index contributed by atoms with van der Waals surface area (Å²) in [7, 11) is 1.50. The number of nitrogens with one attached hydrogen (secondary N) is 1. The summed E-state index contributed by atoms with van der Waals surface area (Å²) in [6.45, 7) is 0. The van der Waals surface area contributed by atoms with Crippen molar-refractivity contribution < 1.29 is 11.0 Å². The average Bonchev–Trinajstić information content (AvgIpc) is 1.83. The maximum Gasteiger partial charge on any atom is 0.243 e. The summed E-state index contributed by atoms with van der Waals surface area (Å²) in [5.74, 6) is -0.267. The Balaban J connectivity index is 0. The molecule has 0 atom stereocenters. The van der Waals surface area contributed by atoms with Gasteiger partial charge in [-0.1, -0.05) is 0 Å². The van der Waals surface area contributed by atoms with E-state index in [0.717, 1.165) is 12.2 Å². The van der Waals surface area contributed by atoms with Crippen LogP contribution in [-0.2, 0) is 9.59 Å². The highest BCUT2D eigenvalue weighted by molar-refractivity contribution is 5.90. The monoisotopic (exact) mass is 115 g/mol. The van der Waals surface area contributed by atoms with Gasteiger partial charge in [-0.2, -0.15) is 0 Å². The van der Waals surface area contributed by atoms with Crippen LogP contribution in [0.15, 0.2) is 12.2 Å². The summed E-state index contributed by atoms with van der Waals surface area (Å²) < 4.78 is 0. The molecule has 0 rings (SSSR count). The molecule has 0 aliphatic heterocycles. The highest BCUT2D eigenvalue weighted by Crippen LogP contribution is 1.65. The molecule has 0 saturated carbocycles. The van der Waals surface area contributed by atoms with Crippen molar-refractivity contribution in [2.24, 2.45) is 0 Å². The topological polar surface area (TPSA) is 46.2 Å². The molecule has 0 aliphatic carbocycles. The zero-order chi connectivity index (χ0) is 6.41. The second kappa shape index (κ2) is 4.05. The number of hydrogen-bond acceptors (Lipinski definition) is 2. The van der Waals surface area contributed by atoms with E-state index in [4.69, 9.17) is 0 Å². The summed E-state index contributed by atoms with van der Waals surface area (Å²) in [6, 6.07) is 0. The number of carbonyl (C=O) groups excluding carboxylic acids is 2. The van der Waals surface area contributed by atoms with Gasteiger partial charge in [0.2, 0.25) is 5.91 Å². The fourth-order valence-corrected chi connectivity index (χ4v) is 0.210. The van der Waals surface area contributed by atoms with Crippen molar-refractivity contribution >= 4 is 12.2 Å². The number of amides is 1. The highest BCUT2D eigenvalue weighted by Gasteiger charge is 1.83. The summed E-state index contributed by atoms with van der Waals surface area (Å²) >= 11 is 0. The second-order valence-corrected chi connectivity index (χ2v) is 1.11. The molecule has 46 valence electrons. The van der Waals surface area contributed by atoms with Crippen LogP contribution in [0.1, 0.15) is 1.43 Å². The van der Waals surface area contributed by atoms with Crippen LogP contribution >= 0.6 is 0 Å². The lowest BCUT2D eigenvalue weighted by Crippen LogP contribution is -2.13. The normalized spacial score (nSPS) is 9.12. The molecular weight excluding hydrogens is 106 g/mol. The van der Waals surface area contributed by atoms with Gasteiger partial charge in [0, 0.05) is 14.6 Å². The van der Waals surface area contributed by atoms with E-state index in [0.29, 0.717) is 6.29 Å². The zero-order valence-electron chi connectivity index (χ0n) is 4.55. The largest absolute Gasteiger partial charge is 0.356 e. The van der Waals surface area contributed by atoms with E-state index in [1.165, 1.54) is 7.05 Å². The lowest BCUT2D eigenvalue weighted by atomic mass is 10.5. The Morgan fingerprint density at radius 1 is 1.75 bits per heavy atom. The number of rotatable bonds is 2. The highest BCUT2D eigenvalue weighted by atomic mass is 16.1. The Bertz CT molecular complexity index is 122. The molecule has 0 aromatic rings. The van der Waals surface area contributed by atoms with E-state index in [2.05, 4.69) is 5.32 Å². The van der Waals surface area contributed by atoms with Gasteiger partial charge in [0.15, 0.2) is 0 Å². The minimum absolute atomic E-state index is 0. The molecule has 8 heavy (non-hydrogen) atoms. The van der Waals surface area contributed by atoms with Gasteiger partial charge in [-0.25, -0.2) is 0 Å². The van der Waals surface area contributed by atoms with E-state index >= 15 is 0 Å². The first-order valence-electron chi connectivity index (χ1n) is 2.15. The zero-order valence-corrected chi connectivity index (χ0v) is 4.55. The lowest BCUT2D eigenvalue weighted by Gasteiger charge is -1.84. The summed E-state index contributed by atoms with van der Waals surface area (Å²) in [5.41, 5.74) is 0. The first kappa shape index (κ1) is 6.88. The standard InChI is InChI=1S/C5H7NO2.H2/c1-6-5(8)3-2-4-7;/h2-4H,1H3,(H,6,8);1H/b3-2-;. The number of hydrogen-bond donors (Lipinski definition) is 1. The molecule has 1 amide bonds. The molecule has 3 heteroatoms. The molecule has 0 heterocycles. The quantitative estimate of drug-likeness (QED) is 0.398. The number of carbonyl (C=O) groups is 2. The third-order valence-corrected chi connectivity index (χ3v) is 0.573. The maximum atomic E-state index is 10.2. The smallest absolute Gasteiger partial charge is 0.243 e. The molecule has 0 fully saturated rings. The second-order valence-electron chi connectivity index (χ2n) is 1.11. The molecule has 1 N–H and O–H groups in total. The van der Waals surface area contributed by atoms with Crippen molar-refractivity contribution in [1.29, 1.82) is 0 Å². The van der Waals surface area contributed by atoms with Crippen LogP contribution < -0.4 is 5.32 Å². The molecule has 0 bridgehead atoms. The molecule has 0 aromatic heterocycles. The minimum Gasteiger partial charge on any atom is -0.356 e. The fraction of sp³-hybridized carbons (Fsp3) is 0.200. The van der Waals surface area contributed by atoms with E-state index in [9.17, 15) is 9.59 Å². The van der Waals surface area contributed by atoms with Gasteiger partial charge >= 0.3 is 0 Å². The number of aldehydes is 1. The Hall–Kier alpha value is -1.12. The molecule has 0 radical (unpaired) electrons. The summed E-state index contributed by atoms with van der Waals surface area (Å²) in [6.07, 6.45) is 2.85. The van der Waals surface area contributed by atoms with Crippen molar-refractivity contribution in [1.82, 2.24) is 5.32 Å². The van der Waals surface area contributed by atoms with Crippen LogP contribution in [0.2, 0.25) is 0 Å². The van der Waals surface area contributed by atoms with Crippen molar-refractivity contribution in [3.05, 3.63) is 12.2 Å². The van der Waals surface area contributed by atoms with Crippen LogP contribution in [0, 0.1) is 0 Å². The summed E-state index contributed by atoms with van der Waals surface area (Å²) in [4.78, 5) is 19.8. The first-order chi connectivity index (χ1) is 3.81. The van der Waals surface area contributed by atoms with E-state index in [1.54, 1.807) is 0 Å². The van der Waals surface area contributed by atoms with Gasteiger partial charge in [-0.3, -0.25) is 9.59 Å². The average molecular weight is 115 g/mol. The van der Waals surface area contributed by atoms with Crippen LogP contribution in [0.25, 0.3) is 0 Å². The van der Waals surface area contributed by atoms with Gasteiger partial charge in [0.05, 0.1) is 0 Å².